The Morgan fingerprint density at radius 1 is 1.06 bits per heavy atom. The zero-order valence-corrected chi connectivity index (χ0v) is 13.4. The molecular formula is C14H15BrClNS. The Balaban J connectivity index is 2.02. The molecule has 18 heavy (non-hydrogen) atoms. The Morgan fingerprint density at radius 3 is 2.28 bits per heavy atom. The summed E-state index contributed by atoms with van der Waals surface area (Å²) < 4.78 is 1.17. The molecule has 4 heteroatoms. The number of nitrogens with one attached hydrogen (secondary N) is 1. The summed E-state index contributed by atoms with van der Waals surface area (Å²) in [5, 5.41) is 4.37. The highest BCUT2D eigenvalue weighted by molar-refractivity contribution is 9.11. The van der Waals surface area contributed by atoms with Crippen molar-refractivity contribution in [3.63, 3.8) is 0 Å². The van der Waals surface area contributed by atoms with E-state index in [0.717, 1.165) is 5.02 Å². The third-order valence-electron chi connectivity index (χ3n) is 2.89. The lowest BCUT2D eigenvalue weighted by Crippen LogP contribution is -2.21. The van der Waals surface area contributed by atoms with Crippen LogP contribution >= 0.6 is 38.9 Å². The minimum absolute atomic E-state index is 0.304. The van der Waals surface area contributed by atoms with Crippen molar-refractivity contribution in [1.29, 1.82) is 0 Å². The summed E-state index contributed by atoms with van der Waals surface area (Å²) in [5.41, 5.74) is 1.25. The molecule has 1 heterocycles. The van der Waals surface area contributed by atoms with E-state index in [9.17, 15) is 0 Å². The Labute approximate surface area is 125 Å². The SMILES string of the molecule is CC(NC(C)c1ccc(Br)s1)c1ccc(Cl)cc1. The summed E-state index contributed by atoms with van der Waals surface area (Å²) >= 11 is 11.2. The van der Waals surface area contributed by atoms with Crippen molar-refractivity contribution in [3.05, 3.63) is 55.6 Å². The summed E-state index contributed by atoms with van der Waals surface area (Å²) in [6.07, 6.45) is 0. The van der Waals surface area contributed by atoms with Crippen molar-refractivity contribution in [2.24, 2.45) is 0 Å². The fraction of sp³-hybridized carbons (Fsp3) is 0.286. The Kier molecular flexibility index (Phi) is 4.84. The van der Waals surface area contributed by atoms with Gasteiger partial charge in [-0.15, -0.1) is 11.3 Å². The Morgan fingerprint density at radius 2 is 1.72 bits per heavy atom. The van der Waals surface area contributed by atoms with Gasteiger partial charge in [-0.25, -0.2) is 0 Å². The summed E-state index contributed by atoms with van der Waals surface area (Å²) in [6.45, 7) is 4.35. The predicted molar refractivity (Wildman–Crippen MR) is 83.4 cm³/mol. The first-order chi connectivity index (χ1) is 8.56. The average Bonchev–Trinajstić information content (AvgIpc) is 2.76. The number of thiophene rings is 1. The van der Waals surface area contributed by atoms with E-state index in [1.807, 2.05) is 12.1 Å². The van der Waals surface area contributed by atoms with Gasteiger partial charge in [-0.2, -0.15) is 0 Å². The van der Waals surface area contributed by atoms with Crippen LogP contribution in [0.5, 0.6) is 0 Å². The van der Waals surface area contributed by atoms with E-state index < -0.39 is 0 Å². The molecule has 0 aliphatic rings. The summed E-state index contributed by atoms with van der Waals surface area (Å²) in [6, 6.07) is 12.9. The van der Waals surface area contributed by atoms with Crippen LogP contribution in [0.15, 0.2) is 40.2 Å². The lowest BCUT2D eigenvalue weighted by Gasteiger charge is -2.19. The predicted octanol–water partition coefficient (Wildman–Crippen LogP) is 5.58. The maximum Gasteiger partial charge on any atom is 0.0701 e. The summed E-state index contributed by atoms with van der Waals surface area (Å²) in [5.74, 6) is 0. The van der Waals surface area contributed by atoms with Gasteiger partial charge in [-0.1, -0.05) is 23.7 Å². The molecule has 1 aromatic heterocycles. The van der Waals surface area contributed by atoms with Gasteiger partial charge in [-0.05, 0) is 59.6 Å². The highest BCUT2D eigenvalue weighted by atomic mass is 79.9. The lowest BCUT2D eigenvalue weighted by atomic mass is 10.1. The van der Waals surface area contributed by atoms with Crippen LogP contribution in [0, 0.1) is 0 Å². The van der Waals surface area contributed by atoms with Gasteiger partial charge in [0, 0.05) is 22.0 Å². The second kappa shape index (κ2) is 6.20. The normalized spacial score (nSPS) is 14.4. The highest BCUT2D eigenvalue weighted by Crippen LogP contribution is 2.28. The van der Waals surface area contributed by atoms with E-state index in [1.54, 1.807) is 11.3 Å². The van der Waals surface area contributed by atoms with Crippen LogP contribution in [0.2, 0.25) is 5.02 Å². The molecule has 2 rings (SSSR count). The molecule has 1 N–H and O–H groups in total. The first-order valence-electron chi connectivity index (χ1n) is 5.83. The molecule has 2 aromatic rings. The molecule has 1 aromatic carbocycles. The van der Waals surface area contributed by atoms with Crippen LogP contribution in [-0.2, 0) is 0 Å². The smallest absolute Gasteiger partial charge is 0.0701 e. The molecule has 0 radical (unpaired) electrons. The Hall–Kier alpha value is -0.350. The Bertz CT molecular complexity index is 509. The van der Waals surface area contributed by atoms with Crippen LogP contribution in [0.4, 0.5) is 0 Å². The van der Waals surface area contributed by atoms with Gasteiger partial charge in [0.2, 0.25) is 0 Å². The number of rotatable bonds is 4. The van der Waals surface area contributed by atoms with Gasteiger partial charge in [-0.3, -0.25) is 0 Å². The third kappa shape index (κ3) is 3.58. The molecule has 1 nitrogen and oxygen atoms in total. The molecule has 0 saturated heterocycles. The molecule has 0 amide bonds. The van der Waals surface area contributed by atoms with Crippen molar-refractivity contribution < 1.29 is 0 Å². The molecule has 2 unspecified atom stereocenters. The van der Waals surface area contributed by atoms with Crippen LogP contribution in [-0.4, -0.2) is 0 Å². The standard InChI is InChI=1S/C14H15BrClNS/c1-9(11-3-5-12(16)6-4-11)17-10(2)13-7-8-14(15)18-13/h3-10,17H,1-2H3. The van der Waals surface area contributed by atoms with E-state index in [4.69, 9.17) is 11.6 Å². The summed E-state index contributed by atoms with van der Waals surface area (Å²) in [7, 11) is 0. The highest BCUT2D eigenvalue weighted by Gasteiger charge is 2.12. The van der Waals surface area contributed by atoms with Gasteiger partial charge in [0.15, 0.2) is 0 Å². The molecule has 0 aliphatic heterocycles. The van der Waals surface area contributed by atoms with Crippen molar-refractivity contribution in [2.45, 2.75) is 25.9 Å². The molecule has 0 bridgehead atoms. The van der Waals surface area contributed by atoms with Gasteiger partial charge in [0.05, 0.1) is 3.79 Å². The molecule has 0 spiro atoms. The topological polar surface area (TPSA) is 12.0 Å². The number of halogens is 2. The maximum atomic E-state index is 5.90. The van der Waals surface area contributed by atoms with Gasteiger partial charge >= 0.3 is 0 Å². The third-order valence-corrected chi connectivity index (χ3v) is 4.95. The van der Waals surface area contributed by atoms with E-state index in [0.29, 0.717) is 12.1 Å². The molecule has 0 fully saturated rings. The molecular weight excluding hydrogens is 330 g/mol. The van der Waals surface area contributed by atoms with Crippen LogP contribution in [0.1, 0.15) is 36.4 Å². The van der Waals surface area contributed by atoms with Gasteiger partial charge in [0.25, 0.3) is 0 Å². The van der Waals surface area contributed by atoms with E-state index in [-0.39, 0.29) is 0 Å². The van der Waals surface area contributed by atoms with Gasteiger partial charge < -0.3 is 5.32 Å². The quantitative estimate of drug-likeness (QED) is 0.764. The molecule has 0 saturated carbocycles. The van der Waals surface area contributed by atoms with Crippen LogP contribution < -0.4 is 5.32 Å². The largest absolute Gasteiger partial charge is 0.303 e. The van der Waals surface area contributed by atoms with E-state index in [1.165, 1.54) is 14.2 Å². The number of hydrogen-bond donors (Lipinski definition) is 1. The maximum absolute atomic E-state index is 5.90. The monoisotopic (exact) mass is 343 g/mol. The molecule has 2 atom stereocenters. The van der Waals surface area contributed by atoms with E-state index >= 15 is 0 Å². The second-order valence-corrected chi connectivity index (χ2v) is 7.23. The van der Waals surface area contributed by atoms with Crippen molar-refractivity contribution in [3.8, 4) is 0 Å². The fourth-order valence-corrected chi connectivity index (χ4v) is 3.43. The van der Waals surface area contributed by atoms with Gasteiger partial charge in [0.1, 0.15) is 0 Å². The lowest BCUT2D eigenvalue weighted by molar-refractivity contribution is 0.500. The minimum Gasteiger partial charge on any atom is -0.303 e. The fourth-order valence-electron chi connectivity index (χ4n) is 1.87. The molecule has 96 valence electrons. The first-order valence-corrected chi connectivity index (χ1v) is 7.82. The van der Waals surface area contributed by atoms with Crippen molar-refractivity contribution >= 4 is 38.9 Å². The minimum atomic E-state index is 0.304. The first kappa shape index (κ1) is 14.1. The second-order valence-electron chi connectivity index (χ2n) is 4.30. The zero-order chi connectivity index (χ0) is 13.1. The number of hydrogen-bond acceptors (Lipinski definition) is 2. The molecule has 0 aliphatic carbocycles. The van der Waals surface area contributed by atoms with Crippen LogP contribution in [0.25, 0.3) is 0 Å². The zero-order valence-electron chi connectivity index (χ0n) is 10.3. The van der Waals surface area contributed by atoms with Crippen molar-refractivity contribution in [1.82, 2.24) is 5.32 Å². The average molecular weight is 345 g/mol. The van der Waals surface area contributed by atoms with Crippen molar-refractivity contribution in [2.75, 3.05) is 0 Å². The van der Waals surface area contributed by atoms with Crippen LogP contribution in [0.3, 0.4) is 0 Å². The number of benzene rings is 1. The summed E-state index contributed by atoms with van der Waals surface area (Å²) in [4.78, 5) is 1.34. The van der Waals surface area contributed by atoms with E-state index in [2.05, 4.69) is 59.4 Å².